The van der Waals surface area contributed by atoms with Crippen LogP contribution < -0.4 is 5.19 Å². The minimum absolute atomic E-state index is 0.256. The van der Waals surface area contributed by atoms with Gasteiger partial charge in [0.25, 0.3) is 0 Å². The Kier molecular flexibility index (Phi) is 6.36. The third kappa shape index (κ3) is 5.52. The van der Waals surface area contributed by atoms with Crippen LogP contribution in [0.5, 0.6) is 5.75 Å². The first-order valence-electron chi connectivity index (χ1n) is 5.87. The molecule has 0 aromatic heterocycles. The molecule has 1 N–H and O–H groups in total. The van der Waals surface area contributed by atoms with Gasteiger partial charge in [-0.2, -0.15) is 0 Å². The van der Waals surface area contributed by atoms with Crippen LogP contribution in [0, 0.1) is 0 Å². The third-order valence-corrected chi connectivity index (χ3v) is 3.99. The molecule has 17 heavy (non-hydrogen) atoms. The molecule has 3 heteroatoms. The summed E-state index contributed by atoms with van der Waals surface area (Å²) in [6, 6.07) is 7.27. The lowest BCUT2D eigenvalue weighted by atomic mass is 10.1. The van der Waals surface area contributed by atoms with E-state index in [1.807, 2.05) is 24.3 Å². The lowest BCUT2D eigenvalue weighted by molar-refractivity contribution is 0.209. The SMILES string of the molecule is C=CCCC(CC=C)O[SiH2]c1ccc(O)cc1. The van der Waals surface area contributed by atoms with Gasteiger partial charge in [0.1, 0.15) is 5.75 Å². The monoisotopic (exact) mass is 248 g/mol. The Labute approximate surface area is 106 Å². The van der Waals surface area contributed by atoms with E-state index < -0.39 is 9.76 Å². The molecule has 0 bridgehead atoms. The highest BCUT2D eigenvalue weighted by Crippen LogP contribution is 2.08. The average Bonchev–Trinajstić information content (AvgIpc) is 2.35. The smallest absolute Gasteiger partial charge is 0.192 e. The summed E-state index contributed by atoms with van der Waals surface area (Å²) in [6.07, 6.45) is 6.94. The van der Waals surface area contributed by atoms with Crippen LogP contribution in [0.25, 0.3) is 0 Å². The summed E-state index contributed by atoms with van der Waals surface area (Å²) in [4.78, 5) is 0. The molecule has 0 saturated heterocycles. The van der Waals surface area contributed by atoms with E-state index in [9.17, 15) is 5.11 Å². The molecule has 0 spiro atoms. The molecule has 0 fully saturated rings. The fraction of sp³-hybridized carbons (Fsp3) is 0.286. The van der Waals surface area contributed by atoms with Gasteiger partial charge in [-0.15, -0.1) is 13.2 Å². The minimum Gasteiger partial charge on any atom is -0.508 e. The second-order valence-electron chi connectivity index (χ2n) is 3.99. The Balaban J connectivity index is 2.41. The Morgan fingerprint density at radius 3 is 2.53 bits per heavy atom. The van der Waals surface area contributed by atoms with Crippen molar-refractivity contribution >= 4 is 14.9 Å². The second kappa shape index (κ2) is 7.87. The molecule has 1 aromatic carbocycles. The van der Waals surface area contributed by atoms with Gasteiger partial charge in [0, 0.05) is 6.10 Å². The maximum absolute atomic E-state index is 9.18. The summed E-state index contributed by atoms with van der Waals surface area (Å²) in [5, 5.41) is 10.4. The highest BCUT2D eigenvalue weighted by molar-refractivity contribution is 6.46. The predicted molar refractivity (Wildman–Crippen MR) is 75.4 cm³/mol. The summed E-state index contributed by atoms with van der Waals surface area (Å²) < 4.78 is 5.95. The average molecular weight is 248 g/mol. The van der Waals surface area contributed by atoms with E-state index >= 15 is 0 Å². The quantitative estimate of drug-likeness (QED) is 0.563. The molecule has 0 radical (unpaired) electrons. The Hall–Kier alpha value is -1.32. The van der Waals surface area contributed by atoms with Gasteiger partial charge in [-0.1, -0.05) is 24.3 Å². The molecule has 0 saturated carbocycles. The Morgan fingerprint density at radius 2 is 1.94 bits per heavy atom. The van der Waals surface area contributed by atoms with Crippen molar-refractivity contribution in [3.63, 3.8) is 0 Å². The zero-order chi connectivity index (χ0) is 12.5. The number of hydrogen-bond acceptors (Lipinski definition) is 2. The largest absolute Gasteiger partial charge is 0.508 e. The fourth-order valence-corrected chi connectivity index (χ4v) is 2.72. The minimum atomic E-state index is -0.716. The number of benzene rings is 1. The van der Waals surface area contributed by atoms with Gasteiger partial charge in [0.15, 0.2) is 9.76 Å². The maximum Gasteiger partial charge on any atom is 0.192 e. The first-order valence-corrected chi connectivity index (χ1v) is 7.16. The number of phenolic OH excluding ortho intramolecular Hbond substituents is 1. The molecule has 0 aliphatic rings. The highest BCUT2D eigenvalue weighted by Gasteiger charge is 2.06. The lowest BCUT2D eigenvalue weighted by Gasteiger charge is -2.15. The summed E-state index contributed by atoms with van der Waals surface area (Å²) >= 11 is 0. The number of allylic oxidation sites excluding steroid dienone is 1. The summed E-state index contributed by atoms with van der Waals surface area (Å²) in [7, 11) is -0.716. The number of hydrogen-bond donors (Lipinski definition) is 1. The zero-order valence-electron chi connectivity index (χ0n) is 10.1. The first kappa shape index (κ1) is 13.7. The van der Waals surface area contributed by atoms with Crippen molar-refractivity contribution in [2.45, 2.75) is 25.4 Å². The summed E-state index contributed by atoms with van der Waals surface area (Å²) in [5.41, 5.74) is 0. The van der Waals surface area contributed by atoms with Crippen LogP contribution >= 0.6 is 0 Å². The van der Waals surface area contributed by atoms with Crippen LogP contribution in [0.3, 0.4) is 0 Å². The molecule has 0 amide bonds. The number of aromatic hydroxyl groups is 1. The van der Waals surface area contributed by atoms with Gasteiger partial charge < -0.3 is 9.53 Å². The molecule has 2 nitrogen and oxygen atoms in total. The zero-order valence-corrected chi connectivity index (χ0v) is 11.6. The van der Waals surface area contributed by atoms with E-state index in [0.717, 1.165) is 19.3 Å². The summed E-state index contributed by atoms with van der Waals surface area (Å²) in [5.74, 6) is 0.303. The van der Waals surface area contributed by atoms with Crippen LogP contribution in [0.4, 0.5) is 0 Å². The topological polar surface area (TPSA) is 29.5 Å². The normalized spacial score (nSPS) is 12.7. The second-order valence-corrected chi connectivity index (χ2v) is 5.43. The summed E-state index contributed by atoms with van der Waals surface area (Å²) in [6.45, 7) is 7.47. The van der Waals surface area contributed by atoms with Crippen LogP contribution in [0.1, 0.15) is 19.3 Å². The maximum atomic E-state index is 9.18. The molecule has 1 aromatic rings. The number of rotatable bonds is 8. The van der Waals surface area contributed by atoms with Gasteiger partial charge in [-0.25, -0.2) is 0 Å². The predicted octanol–water partition coefficient (Wildman–Crippen LogP) is 2.03. The van der Waals surface area contributed by atoms with Crippen molar-refractivity contribution in [3.8, 4) is 5.75 Å². The van der Waals surface area contributed by atoms with Gasteiger partial charge in [0.05, 0.1) is 0 Å². The van der Waals surface area contributed by atoms with Crippen molar-refractivity contribution in [1.82, 2.24) is 0 Å². The molecule has 92 valence electrons. The van der Waals surface area contributed by atoms with Crippen LogP contribution in [0.2, 0.25) is 0 Å². The van der Waals surface area contributed by atoms with Crippen molar-refractivity contribution in [2.75, 3.05) is 0 Å². The lowest BCUT2D eigenvalue weighted by Crippen LogP contribution is -2.23. The Morgan fingerprint density at radius 1 is 1.24 bits per heavy atom. The van der Waals surface area contributed by atoms with E-state index in [1.54, 1.807) is 12.1 Å². The van der Waals surface area contributed by atoms with Gasteiger partial charge in [0.2, 0.25) is 0 Å². The highest BCUT2D eigenvalue weighted by atomic mass is 28.2. The molecule has 1 rings (SSSR count). The van der Waals surface area contributed by atoms with Gasteiger partial charge in [-0.3, -0.25) is 0 Å². The molecule has 1 atom stereocenters. The van der Waals surface area contributed by atoms with E-state index in [1.165, 1.54) is 5.19 Å². The Bertz CT molecular complexity index is 346. The van der Waals surface area contributed by atoms with E-state index in [-0.39, 0.29) is 6.10 Å². The first-order chi connectivity index (χ1) is 8.26. The van der Waals surface area contributed by atoms with Gasteiger partial charge >= 0.3 is 0 Å². The van der Waals surface area contributed by atoms with Crippen LogP contribution in [-0.4, -0.2) is 21.0 Å². The van der Waals surface area contributed by atoms with E-state index in [0.29, 0.717) is 5.75 Å². The van der Waals surface area contributed by atoms with Crippen molar-refractivity contribution in [3.05, 3.63) is 49.6 Å². The van der Waals surface area contributed by atoms with Crippen LogP contribution in [0.15, 0.2) is 49.6 Å². The van der Waals surface area contributed by atoms with E-state index in [2.05, 4.69) is 13.2 Å². The van der Waals surface area contributed by atoms with E-state index in [4.69, 9.17) is 4.43 Å². The van der Waals surface area contributed by atoms with Gasteiger partial charge in [-0.05, 0) is 36.6 Å². The van der Waals surface area contributed by atoms with Crippen molar-refractivity contribution in [1.29, 1.82) is 0 Å². The molecular weight excluding hydrogens is 228 g/mol. The molecule has 0 aliphatic carbocycles. The van der Waals surface area contributed by atoms with Crippen LogP contribution in [-0.2, 0) is 4.43 Å². The molecule has 0 aliphatic heterocycles. The molecular formula is C14H20O2Si. The number of phenols is 1. The van der Waals surface area contributed by atoms with Crippen molar-refractivity contribution in [2.24, 2.45) is 0 Å². The molecule has 1 unspecified atom stereocenters. The third-order valence-electron chi connectivity index (χ3n) is 2.54. The van der Waals surface area contributed by atoms with Crippen molar-refractivity contribution < 1.29 is 9.53 Å². The molecule has 0 heterocycles. The fourth-order valence-electron chi connectivity index (χ4n) is 1.57. The standard InChI is InChI=1S/C14H20O2Si/c1-3-5-7-13(6-4-2)16-17-14-10-8-12(15)9-11-14/h3-4,8-11,13,15H,1-2,5-7,17H2.